The van der Waals surface area contributed by atoms with Crippen LogP contribution in [0.5, 0.6) is 0 Å². The van der Waals surface area contributed by atoms with E-state index in [0.29, 0.717) is 18.5 Å². The van der Waals surface area contributed by atoms with Crippen molar-refractivity contribution in [2.24, 2.45) is 11.8 Å². The van der Waals surface area contributed by atoms with Crippen molar-refractivity contribution in [1.29, 1.82) is 0 Å². The van der Waals surface area contributed by atoms with Gasteiger partial charge in [-0.25, -0.2) is 0 Å². The summed E-state index contributed by atoms with van der Waals surface area (Å²) in [5, 5.41) is 6.46. The van der Waals surface area contributed by atoms with Crippen LogP contribution in [-0.2, 0) is 4.79 Å². The minimum absolute atomic E-state index is 0.133. The lowest BCUT2D eigenvalue weighted by atomic mass is 10.0. The summed E-state index contributed by atoms with van der Waals surface area (Å²) in [6.45, 7) is 9.13. The predicted molar refractivity (Wildman–Crippen MR) is 76.5 cm³/mol. The van der Waals surface area contributed by atoms with Gasteiger partial charge in [0.2, 0.25) is 5.91 Å². The van der Waals surface area contributed by atoms with E-state index in [2.05, 4.69) is 38.3 Å². The van der Waals surface area contributed by atoms with E-state index >= 15 is 0 Å². The van der Waals surface area contributed by atoms with Crippen molar-refractivity contribution < 1.29 is 4.79 Å². The fraction of sp³-hybridized carbons (Fsp3) is 0.933. The lowest BCUT2D eigenvalue weighted by molar-refractivity contribution is -0.121. The average Bonchev–Trinajstić information content (AvgIpc) is 2.51. The lowest BCUT2D eigenvalue weighted by Gasteiger charge is -2.20. The Hall–Kier alpha value is -0.570. The molecule has 1 saturated carbocycles. The second kappa shape index (κ2) is 7.78. The molecule has 0 aliphatic heterocycles. The normalized spacial score (nSPS) is 26.7. The summed E-state index contributed by atoms with van der Waals surface area (Å²) in [4.78, 5) is 11.8. The van der Waals surface area contributed by atoms with Gasteiger partial charge in [-0.1, -0.05) is 33.6 Å². The van der Waals surface area contributed by atoms with Crippen LogP contribution in [0.4, 0.5) is 0 Å². The molecular formula is C15H30N2O. The fourth-order valence-electron chi connectivity index (χ4n) is 2.40. The van der Waals surface area contributed by atoms with E-state index in [1.54, 1.807) is 0 Å². The van der Waals surface area contributed by atoms with Crippen LogP contribution in [0.3, 0.4) is 0 Å². The average molecular weight is 254 g/mol. The molecule has 1 amide bonds. The number of amides is 1. The molecule has 0 spiro atoms. The third-order valence-corrected chi connectivity index (χ3v) is 4.20. The first-order valence-electron chi connectivity index (χ1n) is 7.51. The monoisotopic (exact) mass is 254 g/mol. The minimum atomic E-state index is 0.133. The van der Waals surface area contributed by atoms with E-state index < -0.39 is 0 Å². The van der Waals surface area contributed by atoms with Crippen molar-refractivity contribution in [3.8, 4) is 0 Å². The zero-order chi connectivity index (χ0) is 13.5. The first-order chi connectivity index (χ1) is 8.49. The molecule has 106 valence electrons. The molecule has 0 aromatic rings. The van der Waals surface area contributed by atoms with Crippen molar-refractivity contribution in [2.75, 3.05) is 6.54 Å². The summed E-state index contributed by atoms with van der Waals surface area (Å²) >= 11 is 0. The summed E-state index contributed by atoms with van der Waals surface area (Å²) in [5.74, 6) is 1.48. The van der Waals surface area contributed by atoms with Gasteiger partial charge in [-0.15, -0.1) is 0 Å². The Kier molecular flexibility index (Phi) is 6.69. The van der Waals surface area contributed by atoms with Gasteiger partial charge in [0, 0.05) is 12.1 Å². The molecule has 3 nitrogen and oxygen atoms in total. The van der Waals surface area contributed by atoms with E-state index in [0.717, 1.165) is 5.92 Å². The lowest BCUT2D eigenvalue weighted by Crippen LogP contribution is -2.43. The zero-order valence-electron chi connectivity index (χ0n) is 12.5. The molecule has 0 aromatic heterocycles. The van der Waals surface area contributed by atoms with Gasteiger partial charge < -0.3 is 10.6 Å². The van der Waals surface area contributed by atoms with Crippen molar-refractivity contribution in [2.45, 2.75) is 71.9 Å². The largest absolute Gasteiger partial charge is 0.352 e. The molecule has 0 saturated heterocycles. The van der Waals surface area contributed by atoms with Crippen molar-refractivity contribution >= 4 is 5.91 Å². The maximum atomic E-state index is 11.8. The van der Waals surface area contributed by atoms with Crippen LogP contribution in [0.25, 0.3) is 0 Å². The quantitative estimate of drug-likeness (QED) is 0.741. The highest BCUT2D eigenvalue weighted by atomic mass is 16.1. The molecule has 18 heavy (non-hydrogen) atoms. The summed E-state index contributed by atoms with van der Waals surface area (Å²) in [6, 6.07) is 0.795. The van der Waals surface area contributed by atoms with Gasteiger partial charge in [0.05, 0.1) is 6.54 Å². The third-order valence-electron chi connectivity index (χ3n) is 4.20. The molecule has 0 heterocycles. The SMILES string of the molecule is CC1CCCC(NCC(=O)NC(C)C(C)C)CC1. The van der Waals surface area contributed by atoms with Crippen LogP contribution in [0.15, 0.2) is 0 Å². The Morgan fingerprint density at radius 3 is 2.56 bits per heavy atom. The van der Waals surface area contributed by atoms with Gasteiger partial charge in [-0.2, -0.15) is 0 Å². The van der Waals surface area contributed by atoms with Crippen LogP contribution in [0.1, 0.15) is 59.8 Å². The highest BCUT2D eigenvalue weighted by Crippen LogP contribution is 2.22. The molecule has 3 heteroatoms. The summed E-state index contributed by atoms with van der Waals surface area (Å²) in [5.41, 5.74) is 0. The fourth-order valence-corrected chi connectivity index (χ4v) is 2.40. The number of nitrogens with one attached hydrogen (secondary N) is 2. The maximum absolute atomic E-state index is 11.8. The molecule has 1 aliphatic rings. The van der Waals surface area contributed by atoms with Gasteiger partial charge in [-0.05, 0) is 38.0 Å². The van der Waals surface area contributed by atoms with Gasteiger partial charge >= 0.3 is 0 Å². The van der Waals surface area contributed by atoms with Crippen molar-refractivity contribution in [3.63, 3.8) is 0 Å². The van der Waals surface area contributed by atoms with Crippen LogP contribution in [0, 0.1) is 11.8 Å². The van der Waals surface area contributed by atoms with Crippen molar-refractivity contribution in [1.82, 2.24) is 10.6 Å². The van der Waals surface area contributed by atoms with Crippen LogP contribution in [0.2, 0.25) is 0 Å². The van der Waals surface area contributed by atoms with E-state index in [1.807, 2.05) is 0 Å². The number of hydrogen-bond acceptors (Lipinski definition) is 2. The molecule has 3 unspecified atom stereocenters. The standard InChI is InChI=1S/C15H30N2O/c1-11(2)13(4)17-15(18)10-16-14-7-5-6-12(3)8-9-14/h11-14,16H,5-10H2,1-4H3,(H,17,18). The molecule has 3 atom stereocenters. The minimum Gasteiger partial charge on any atom is -0.352 e. The predicted octanol–water partition coefficient (Wildman–Crippen LogP) is 2.71. The van der Waals surface area contributed by atoms with E-state index in [-0.39, 0.29) is 11.9 Å². The van der Waals surface area contributed by atoms with Crippen LogP contribution >= 0.6 is 0 Å². The molecule has 1 fully saturated rings. The Bertz CT molecular complexity index is 253. The smallest absolute Gasteiger partial charge is 0.234 e. The third kappa shape index (κ3) is 5.85. The molecule has 1 aliphatic carbocycles. The molecular weight excluding hydrogens is 224 g/mol. The molecule has 2 N–H and O–H groups in total. The van der Waals surface area contributed by atoms with Gasteiger partial charge in [-0.3, -0.25) is 4.79 Å². The Balaban J connectivity index is 2.21. The zero-order valence-corrected chi connectivity index (χ0v) is 12.5. The van der Waals surface area contributed by atoms with Gasteiger partial charge in [0.1, 0.15) is 0 Å². The number of carbonyl (C=O) groups is 1. The molecule has 0 aromatic carbocycles. The Morgan fingerprint density at radius 2 is 1.89 bits per heavy atom. The maximum Gasteiger partial charge on any atom is 0.234 e. The van der Waals surface area contributed by atoms with Gasteiger partial charge in [0.25, 0.3) is 0 Å². The Morgan fingerprint density at radius 1 is 1.17 bits per heavy atom. The first-order valence-corrected chi connectivity index (χ1v) is 7.51. The second-order valence-electron chi connectivity index (χ2n) is 6.29. The summed E-state index contributed by atoms with van der Waals surface area (Å²) in [7, 11) is 0. The van der Waals surface area contributed by atoms with E-state index in [4.69, 9.17) is 0 Å². The molecule has 0 bridgehead atoms. The van der Waals surface area contributed by atoms with E-state index in [9.17, 15) is 4.79 Å². The molecule has 1 rings (SSSR count). The van der Waals surface area contributed by atoms with Crippen LogP contribution in [-0.4, -0.2) is 24.5 Å². The Labute approximate surface area is 112 Å². The second-order valence-corrected chi connectivity index (χ2v) is 6.29. The van der Waals surface area contributed by atoms with Crippen LogP contribution < -0.4 is 10.6 Å². The number of carbonyl (C=O) groups excluding carboxylic acids is 1. The number of rotatable bonds is 5. The first kappa shape index (κ1) is 15.5. The van der Waals surface area contributed by atoms with Crippen molar-refractivity contribution in [3.05, 3.63) is 0 Å². The molecule has 0 radical (unpaired) electrons. The summed E-state index contributed by atoms with van der Waals surface area (Å²) in [6.07, 6.45) is 6.37. The topological polar surface area (TPSA) is 41.1 Å². The highest BCUT2D eigenvalue weighted by Gasteiger charge is 2.17. The van der Waals surface area contributed by atoms with Gasteiger partial charge in [0.15, 0.2) is 0 Å². The number of hydrogen-bond donors (Lipinski definition) is 2. The highest BCUT2D eigenvalue weighted by molar-refractivity contribution is 5.78. The van der Waals surface area contributed by atoms with E-state index in [1.165, 1.54) is 32.1 Å². The summed E-state index contributed by atoms with van der Waals surface area (Å²) < 4.78 is 0.